The van der Waals surface area contributed by atoms with E-state index in [1.807, 2.05) is 0 Å². The Labute approximate surface area is 288 Å². The van der Waals surface area contributed by atoms with Gasteiger partial charge in [0, 0.05) is 77.1 Å². The largest absolute Gasteiger partial charge is 0.377 e. The summed E-state index contributed by atoms with van der Waals surface area (Å²) in [4.78, 5) is 8.76. The Morgan fingerprint density at radius 3 is 0.583 bits per heavy atom. The van der Waals surface area contributed by atoms with Gasteiger partial charge in [-0.05, 0) is 48.5 Å². The molecule has 0 aromatic heterocycles. The van der Waals surface area contributed by atoms with Gasteiger partial charge in [0.25, 0.3) is 0 Å². The lowest BCUT2D eigenvalue weighted by molar-refractivity contribution is -0.000265. The van der Waals surface area contributed by atoms with Crippen LogP contribution in [0.5, 0.6) is 0 Å². The van der Waals surface area contributed by atoms with Gasteiger partial charge < -0.3 is 57.5 Å². The van der Waals surface area contributed by atoms with Crippen molar-refractivity contribution in [2.45, 2.75) is 0 Å². The topological polar surface area (TPSA) is 86.8 Å². The molecule has 12 nitrogen and oxygen atoms in total. The van der Waals surface area contributed by atoms with E-state index < -0.39 is 0 Å². The molecule has 272 valence electrons. The normalized spacial score (nSPS) is 20.1. The molecule has 2 aromatic rings. The van der Waals surface area contributed by atoms with Crippen molar-refractivity contribution in [1.29, 1.82) is 0 Å². The second-order valence-corrected chi connectivity index (χ2v) is 11.6. The third-order valence-corrected chi connectivity index (χ3v) is 7.98. The van der Waals surface area contributed by atoms with Gasteiger partial charge >= 0.3 is 0 Å². The summed E-state index contributed by atoms with van der Waals surface area (Å²) in [5.41, 5.74) is 4.60. The van der Waals surface area contributed by atoms with E-state index in [1.54, 1.807) is 0 Å². The molecule has 4 aliphatic rings. The lowest BCUT2D eigenvalue weighted by Crippen LogP contribution is -2.25. The summed E-state index contributed by atoms with van der Waals surface area (Å²) in [5.74, 6) is 0. The SMILES string of the molecule is CN1CCOCCOCCOCCOCCN(C)c2ccc(cc2)N(C)CCOCCOCCOCCOCCN(C)c2ccc1cc2. The Morgan fingerprint density at radius 1 is 0.271 bits per heavy atom. The van der Waals surface area contributed by atoms with Crippen LogP contribution in [0.3, 0.4) is 0 Å². The number of nitrogens with zero attached hydrogens (tertiary/aromatic N) is 4. The first-order valence-electron chi connectivity index (χ1n) is 17.2. The molecule has 0 atom stereocenters. The van der Waals surface area contributed by atoms with Crippen LogP contribution in [0, 0.1) is 0 Å². The van der Waals surface area contributed by atoms with Gasteiger partial charge in [0.05, 0.1) is 106 Å². The first-order valence-corrected chi connectivity index (χ1v) is 17.2. The number of benzene rings is 2. The first kappa shape index (κ1) is 39.8. The van der Waals surface area contributed by atoms with Crippen molar-refractivity contribution in [1.82, 2.24) is 0 Å². The molecule has 0 saturated carbocycles. The van der Waals surface area contributed by atoms with Gasteiger partial charge in [0.15, 0.2) is 0 Å². The number of likely N-dealkylation sites (N-methyl/N-ethyl adjacent to an activating group) is 4. The average molecular weight is 677 g/mol. The fraction of sp³-hybridized carbons (Fsp3) is 0.667. The highest BCUT2D eigenvalue weighted by Gasteiger charge is 2.06. The van der Waals surface area contributed by atoms with E-state index in [2.05, 4.69) is 96.3 Å². The zero-order valence-electron chi connectivity index (χ0n) is 29.8. The maximum atomic E-state index is 5.76. The smallest absolute Gasteiger partial charge is 0.0701 e. The molecule has 6 rings (SSSR count). The molecule has 0 spiro atoms. The second-order valence-electron chi connectivity index (χ2n) is 11.6. The number of hydrogen-bond donors (Lipinski definition) is 0. The molecule has 0 N–H and O–H groups in total. The van der Waals surface area contributed by atoms with Crippen molar-refractivity contribution < 1.29 is 37.9 Å². The van der Waals surface area contributed by atoms with Crippen molar-refractivity contribution in [3.63, 3.8) is 0 Å². The summed E-state index contributed by atoms with van der Waals surface area (Å²) >= 11 is 0. The monoisotopic (exact) mass is 676 g/mol. The molecule has 4 heterocycles. The molecule has 0 unspecified atom stereocenters. The van der Waals surface area contributed by atoms with E-state index >= 15 is 0 Å². The third-order valence-electron chi connectivity index (χ3n) is 7.98. The Hall–Kier alpha value is -2.68. The molecule has 4 aliphatic heterocycles. The van der Waals surface area contributed by atoms with Crippen molar-refractivity contribution in [2.75, 3.05) is 180 Å². The Balaban J connectivity index is 1.35. The van der Waals surface area contributed by atoms with Crippen molar-refractivity contribution >= 4 is 22.7 Å². The van der Waals surface area contributed by atoms with Crippen molar-refractivity contribution in [2.24, 2.45) is 0 Å². The summed E-state index contributed by atoms with van der Waals surface area (Å²) in [6.45, 7) is 12.4. The van der Waals surface area contributed by atoms with Gasteiger partial charge in [-0.15, -0.1) is 0 Å². The number of rotatable bonds is 0. The standard InChI is InChI=1S/C36H60N4O8/c1-37-13-17-41-21-25-45-29-30-46-27-23-43-19-15-39(3)35-9-11-36(12-10-35)40(4)16-20-44-24-28-48-32-31-47-26-22-42-18-14-38(2)34-7-5-33(37)6-8-34/h5-12H,13-32H2,1-4H3. The van der Waals surface area contributed by atoms with Gasteiger partial charge in [-0.3, -0.25) is 0 Å². The minimum Gasteiger partial charge on any atom is -0.377 e. The quantitative estimate of drug-likeness (QED) is 0.411. The molecule has 0 saturated heterocycles. The highest BCUT2D eigenvalue weighted by atomic mass is 16.6. The van der Waals surface area contributed by atoms with Gasteiger partial charge in [0.2, 0.25) is 0 Å². The Kier molecular flexibility index (Phi) is 21.0. The molecular formula is C36H60N4O8. The Bertz CT molecular complexity index is 884. The van der Waals surface area contributed by atoms with Gasteiger partial charge in [-0.1, -0.05) is 0 Å². The molecular weight excluding hydrogens is 616 g/mol. The maximum absolute atomic E-state index is 5.76. The van der Waals surface area contributed by atoms with Crippen LogP contribution in [0.15, 0.2) is 48.5 Å². The minimum absolute atomic E-state index is 0.542. The zero-order valence-corrected chi connectivity index (χ0v) is 29.8. The predicted octanol–water partition coefficient (Wildman–Crippen LogP) is 3.28. The number of anilines is 4. The van der Waals surface area contributed by atoms with Crippen LogP contribution in [0.2, 0.25) is 0 Å². The van der Waals surface area contributed by atoms with E-state index in [4.69, 9.17) is 37.9 Å². The highest BCUT2D eigenvalue weighted by molar-refractivity contribution is 5.56. The van der Waals surface area contributed by atoms with E-state index in [-0.39, 0.29) is 0 Å². The fourth-order valence-electron chi connectivity index (χ4n) is 4.77. The fourth-order valence-corrected chi connectivity index (χ4v) is 4.77. The summed E-state index contributed by atoms with van der Waals surface area (Å²) in [6, 6.07) is 17.1. The van der Waals surface area contributed by atoms with Crippen LogP contribution in [0.25, 0.3) is 0 Å². The number of hydrogen-bond acceptors (Lipinski definition) is 12. The lowest BCUT2D eigenvalue weighted by atomic mass is 10.2. The molecule has 2 aromatic carbocycles. The summed E-state index contributed by atoms with van der Waals surface area (Å²) < 4.78 is 45.6. The molecule has 4 bridgehead atoms. The summed E-state index contributed by atoms with van der Waals surface area (Å²) in [6.07, 6.45) is 0. The van der Waals surface area contributed by atoms with E-state index in [0.29, 0.717) is 106 Å². The van der Waals surface area contributed by atoms with E-state index in [1.165, 1.54) is 0 Å². The van der Waals surface area contributed by atoms with Crippen LogP contribution < -0.4 is 19.6 Å². The molecule has 0 radical (unpaired) electrons. The summed E-state index contributed by atoms with van der Waals surface area (Å²) in [5, 5.41) is 0. The van der Waals surface area contributed by atoms with Crippen LogP contribution in [0.1, 0.15) is 0 Å². The predicted molar refractivity (Wildman–Crippen MR) is 193 cm³/mol. The lowest BCUT2D eigenvalue weighted by Gasteiger charge is -2.22. The zero-order chi connectivity index (χ0) is 34.1. The Morgan fingerprint density at radius 2 is 0.417 bits per heavy atom. The average Bonchev–Trinajstić information content (AvgIpc) is 3.11. The molecule has 0 fully saturated rings. The molecule has 0 amide bonds. The summed E-state index contributed by atoms with van der Waals surface area (Å²) in [7, 11) is 8.30. The van der Waals surface area contributed by atoms with Gasteiger partial charge in [-0.2, -0.15) is 0 Å². The second kappa shape index (κ2) is 25.3. The van der Waals surface area contributed by atoms with Gasteiger partial charge in [-0.25, -0.2) is 0 Å². The van der Waals surface area contributed by atoms with Crippen molar-refractivity contribution in [3.05, 3.63) is 48.5 Å². The molecule has 48 heavy (non-hydrogen) atoms. The highest BCUT2D eigenvalue weighted by Crippen LogP contribution is 2.20. The van der Waals surface area contributed by atoms with E-state index in [9.17, 15) is 0 Å². The van der Waals surface area contributed by atoms with E-state index in [0.717, 1.165) is 48.9 Å². The minimum atomic E-state index is 0.542. The van der Waals surface area contributed by atoms with Crippen LogP contribution in [-0.2, 0) is 37.9 Å². The van der Waals surface area contributed by atoms with Crippen LogP contribution in [0.4, 0.5) is 22.7 Å². The van der Waals surface area contributed by atoms with Crippen LogP contribution >= 0.6 is 0 Å². The van der Waals surface area contributed by atoms with Crippen molar-refractivity contribution in [3.8, 4) is 0 Å². The first-order chi connectivity index (χ1) is 23.5. The van der Waals surface area contributed by atoms with Crippen LogP contribution in [-0.4, -0.2) is 160 Å². The van der Waals surface area contributed by atoms with Gasteiger partial charge in [0.1, 0.15) is 0 Å². The molecule has 12 heteroatoms. The molecule has 0 aliphatic carbocycles. The maximum Gasteiger partial charge on any atom is 0.0701 e. The number of ether oxygens (including phenoxy) is 8. The third kappa shape index (κ3) is 17.1.